The Morgan fingerprint density at radius 2 is 1.45 bits per heavy atom. The highest BCUT2D eigenvalue weighted by molar-refractivity contribution is 5.65. The third-order valence-electron chi connectivity index (χ3n) is 6.00. The minimum atomic E-state index is -0.816. The molecular formula is C30H29N3O5. The zero-order valence-corrected chi connectivity index (χ0v) is 21.1. The summed E-state index contributed by atoms with van der Waals surface area (Å²) in [4.78, 5) is 14.8. The number of esters is 1. The van der Waals surface area contributed by atoms with Gasteiger partial charge in [-0.3, -0.25) is 4.79 Å². The summed E-state index contributed by atoms with van der Waals surface area (Å²) >= 11 is 0. The second-order valence-electron chi connectivity index (χ2n) is 8.75. The number of azide groups is 1. The molecule has 3 aromatic carbocycles. The molecule has 1 saturated heterocycles. The minimum absolute atomic E-state index is 0.0630. The van der Waals surface area contributed by atoms with Gasteiger partial charge in [-0.2, -0.15) is 0 Å². The van der Waals surface area contributed by atoms with Crippen LogP contribution in [0.3, 0.4) is 0 Å². The number of hydrogen-bond acceptors (Lipinski definition) is 6. The van der Waals surface area contributed by atoms with Crippen LogP contribution < -0.4 is 0 Å². The second-order valence-corrected chi connectivity index (χ2v) is 8.75. The monoisotopic (exact) mass is 511 g/mol. The standard InChI is InChI=1S/C30H29N3O5/c1-22(34)35-21-27-29(36-19-24-13-7-3-8-14-24)30(37-20-25-15-9-4-10-16-25)28(32-33-31)26(38-27)18-17-23-11-5-2-6-12-23/h2-16,26-30H,19-21H2,1H3/t26-,27-,28+,29+,30-/m1/s1. The highest BCUT2D eigenvalue weighted by Gasteiger charge is 2.47. The van der Waals surface area contributed by atoms with Crippen molar-refractivity contribution in [3.05, 3.63) is 118 Å². The predicted octanol–water partition coefficient (Wildman–Crippen LogP) is 5.22. The maximum Gasteiger partial charge on any atom is 0.302 e. The minimum Gasteiger partial charge on any atom is -0.463 e. The van der Waals surface area contributed by atoms with Gasteiger partial charge in [-0.05, 0) is 28.8 Å². The quantitative estimate of drug-likeness (QED) is 0.129. The van der Waals surface area contributed by atoms with E-state index >= 15 is 0 Å². The lowest BCUT2D eigenvalue weighted by Crippen LogP contribution is -2.59. The van der Waals surface area contributed by atoms with Crippen LogP contribution in [0, 0.1) is 11.8 Å². The third-order valence-corrected chi connectivity index (χ3v) is 6.00. The number of nitrogens with zero attached hydrogens (tertiary/aromatic N) is 3. The summed E-state index contributed by atoms with van der Waals surface area (Å²) in [6.45, 7) is 1.79. The van der Waals surface area contributed by atoms with E-state index in [-0.39, 0.29) is 19.8 Å². The molecule has 1 heterocycles. The number of rotatable bonds is 9. The summed E-state index contributed by atoms with van der Waals surface area (Å²) < 4.78 is 24.3. The highest BCUT2D eigenvalue weighted by atomic mass is 16.6. The van der Waals surface area contributed by atoms with Crippen molar-refractivity contribution in [1.82, 2.24) is 0 Å². The van der Waals surface area contributed by atoms with E-state index in [4.69, 9.17) is 18.9 Å². The molecule has 0 bridgehead atoms. The Bertz CT molecular complexity index is 1270. The van der Waals surface area contributed by atoms with E-state index < -0.39 is 36.4 Å². The summed E-state index contributed by atoms with van der Waals surface area (Å²) in [5.41, 5.74) is 12.1. The smallest absolute Gasteiger partial charge is 0.302 e. The van der Waals surface area contributed by atoms with Crippen LogP contribution in [-0.2, 0) is 37.0 Å². The van der Waals surface area contributed by atoms with Crippen molar-refractivity contribution in [3.63, 3.8) is 0 Å². The molecule has 4 rings (SSSR count). The van der Waals surface area contributed by atoms with Gasteiger partial charge in [0.1, 0.15) is 31.0 Å². The van der Waals surface area contributed by atoms with Crippen LogP contribution >= 0.6 is 0 Å². The molecule has 0 aromatic heterocycles. The Hall–Kier alpha value is -4.12. The molecule has 1 fully saturated rings. The summed E-state index contributed by atoms with van der Waals surface area (Å²) in [6, 6.07) is 28.0. The molecule has 8 heteroatoms. The van der Waals surface area contributed by atoms with Crippen molar-refractivity contribution in [2.75, 3.05) is 6.61 Å². The molecule has 194 valence electrons. The summed E-state index contributed by atoms with van der Waals surface area (Å²) in [7, 11) is 0. The van der Waals surface area contributed by atoms with E-state index in [1.807, 2.05) is 91.0 Å². The highest BCUT2D eigenvalue weighted by Crippen LogP contribution is 2.30. The van der Waals surface area contributed by atoms with E-state index in [0.29, 0.717) is 0 Å². The number of carbonyl (C=O) groups excluding carboxylic acids is 1. The van der Waals surface area contributed by atoms with Crippen LogP contribution in [0.5, 0.6) is 0 Å². The first kappa shape index (κ1) is 26.9. The SMILES string of the molecule is CC(=O)OC[C@H]1O[C@H](C#Cc2ccccc2)[C@H](N=[N+]=[N-])[C@@H](OCc2ccccc2)[C@H]1OCc1ccccc1. The van der Waals surface area contributed by atoms with Gasteiger partial charge in [0.25, 0.3) is 0 Å². The zero-order chi connectivity index (χ0) is 26.6. The van der Waals surface area contributed by atoms with Gasteiger partial charge in [0.15, 0.2) is 0 Å². The Morgan fingerprint density at radius 3 is 2.00 bits per heavy atom. The van der Waals surface area contributed by atoms with Crippen LogP contribution in [-0.4, -0.2) is 43.0 Å². The van der Waals surface area contributed by atoms with Crippen molar-refractivity contribution in [1.29, 1.82) is 0 Å². The van der Waals surface area contributed by atoms with Gasteiger partial charge in [0.2, 0.25) is 0 Å². The van der Waals surface area contributed by atoms with Crippen LogP contribution in [0.15, 0.2) is 96.1 Å². The molecule has 0 saturated carbocycles. The molecule has 0 unspecified atom stereocenters. The second kappa shape index (κ2) is 14.0. The first-order valence-electron chi connectivity index (χ1n) is 12.3. The molecule has 5 atom stereocenters. The van der Waals surface area contributed by atoms with Crippen molar-refractivity contribution in [2.24, 2.45) is 5.11 Å². The number of benzene rings is 3. The van der Waals surface area contributed by atoms with Crippen LogP contribution in [0.1, 0.15) is 23.6 Å². The van der Waals surface area contributed by atoms with Gasteiger partial charge >= 0.3 is 5.97 Å². The normalized spacial score (nSPS) is 22.4. The molecule has 0 amide bonds. The zero-order valence-electron chi connectivity index (χ0n) is 21.1. The Morgan fingerprint density at radius 1 is 0.895 bits per heavy atom. The Labute approximate surface area is 222 Å². The van der Waals surface area contributed by atoms with E-state index in [2.05, 4.69) is 21.9 Å². The van der Waals surface area contributed by atoms with Crippen molar-refractivity contribution in [3.8, 4) is 11.8 Å². The Kier molecular flexibility index (Phi) is 9.91. The van der Waals surface area contributed by atoms with E-state index in [1.54, 1.807) is 0 Å². The number of ether oxygens (including phenoxy) is 4. The van der Waals surface area contributed by atoms with Gasteiger partial charge in [-0.1, -0.05) is 95.8 Å². The van der Waals surface area contributed by atoms with Crippen LogP contribution in [0.4, 0.5) is 0 Å². The van der Waals surface area contributed by atoms with Crippen molar-refractivity contribution < 1.29 is 23.7 Å². The maximum absolute atomic E-state index is 11.7. The van der Waals surface area contributed by atoms with E-state index in [0.717, 1.165) is 16.7 Å². The molecule has 0 spiro atoms. The molecule has 1 aliphatic heterocycles. The molecule has 0 aliphatic carbocycles. The molecule has 3 aromatic rings. The lowest BCUT2D eigenvalue weighted by atomic mass is 9.92. The Balaban J connectivity index is 1.67. The third kappa shape index (κ3) is 7.69. The summed E-state index contributed by atoms with van der Waals surface area (Å²) in [6.07, 6.45) is -2.95. The average molecular weight is 512 g/mol. The fourth-order valence-electron chi connectivity index (χ4n) is 4.17. The lowest BCUT2D eigenvalue weighted by molar-refractivity contribution is -0.216. The lowest BCUT2D eigenvalue weighted by Gasteiger charge is -2.43. The summed E-state index contributed by atoms with van der Waals surface area (Å²) in [5.74, 6) is 5.75. The predicted molar refractivity (Wildman–Crippen MR) is 142 cm³/mol. The molecule has 1 aliphatic rings. The molecule has 38 heavy (non-hydrogen) atoms. The molecular weight excluding hydrogens is 482 g/mol. The maximum atomic E-state index is 11.7. The van der Waals surface area contributed by atoms with E-state index in [9.17, 15) is 10.3 Å². The average Bonchev–Trinajstić information content (AvgIpc) is 2.95. The van der Waals surface area contributed by atoms with Gasteiger partial charge < -0.3 is 18.9 Å². The van der Waals surface area contributed by atoms with Crippen molar-refractivity contribution >= 4 is 5.97 Å². The van der Waals surface area contributed by atoms with Crippen molar-refractivity contribution in [2.45, 2.75) is 50.6 Å². The van der Waals surface area contributed by atoms with E-state index in [1.165, 1.54) is 6.92 Å². The van der Waals surface area contributed by atoms with Crippen LogP contribution in [0.25, 0.3) is 10.4 Å². The fraction of sp³-hybridized carbons (Fsp3) is 0.300. The van der Waals surface area contributed by atoms with Gasteiger partial charge in [-0.25, -0.2) is 0 Å². The van der Waals surface area contributed by atoms with Crippen LogP contribution in [0.2, 0.25) is 0 Å². The fourth-order valence-corrected chi connectivity index (χ4v) is 4.17. The molecule has 8 nitrogen and oxygen atoms in total. The first-order chi connectivity index (χ1) is 18.6. The summed E-state index contributed by atoms with van der Waals surface area (Å²) in [5, 5.41) is 4.05. The topological polar surface area (TPSA) is 103 Å². The van der Waals surface area contributed by atoms with Gasteiger partial charge in [0.05, 0.1) is 19.3 Å². The number of carbonyl (C=O) groups is 1. The number of hydrogen-bond donors (Lipinski definition) is 0. The van der Waals surface area contributed by atoms with Gasteiger partial charge in [0, 0.05) is 17.4 Å². The molecule has 0 radical (unpaired) electrons. The van der Waals surface area contributed by atoms with Gasteiger partial charge in [-0.15, -0.1) is 0 Å². The largest absolute Gasteiger partial charge is 0.463 e. The molecule has 0 N–H and O–H groups in total. The first-order valence-corrected chi connectivity index (χ1v) is 12.3.